The van der Waals surface area contributed by atoms with Gasteiger partial charge in [0.2, 0.25) is 0 Å². The highest BCUT2D eigenvalue weighted by atomic mass is 32.2. The maximum atomic E-state index is 13.0. The number of carbonyl (C=O) groups excluding carboxylic acids is 2. The topological polar surface area (TPSA) is 89.5 Å². The summed E-state index contributed by atoms with van der Waals surface area (Å²) in [5, 5.41) is 2.66. The van der Waals surface area contributed by atoms with Crippen LogP contribution in [-0.2, 0) is 16.3 Å². The van der Waals surface area contributed by atoms with E-state index < -0.39 is 31.9 Å². The Hall–Kier alpha value is -3.92. The lowest BCUT2D eigenvalue weighted by atomic mass is 10.0. The number of anilines is 1. The van der Waals surface area contributed by atoms with E-state index in [9.17, 15) is 31.2 Å². The van der Waals surface area contributed by atoms with Crippen molar-refractivity contribution in [2.24, 2.45) is 0 Å². The molecule has 1 amide bonds. The number of halogens is 3. The molecule has 0 saturated heterocycles. The van der Waals surface area contributed by atoms with E-state index in [-0.39, 0.29) is 35.4 Å². The van der Waals surface area contributed by atoms with Gasteiger partial charge in [0.25, 0.3) is 15.7 Å². The Kier molecular flexibility index (Phi) is 7.75. The number of ketones is 1. The van der Waals surface area contributed by atoms with E-state index in [1.165, 1.54) is 24.3 Å². The lowest BCUT2D eigenvalue weighted by Crippen LogP contribution is -2.23. The molecule has 0 heterocycles. The van der Waals surface area contributed by atoms with Crippen molar-refractivity contribution in [2.75, 3.05) is 11.9 Å². The van der Waals surface area contributed by atoms with Gasteiger partial charge in [-0.15, -0.1) is 0 Å². The molecular formula is C25H20F3NO5S. The van der Waals surface area contributed by atoms with E-state index in [1.807, 2.05) is 0 Å². The first-order valence-electron chi connectivity index (χ1n) is 10.2. The molecule has 0 aliphatic heterocycles. The third kappa shape index (κ3) is 5.96. The summed E-state index contributed by atoms with van der Waals surface area (Å²) in [6, 6.07) is 16.7. The number of rotatable bonds is 9. The molecule has 0 unspecified atom stereocenters. The number of Topliss-reactive ketones (excluding diaryl/α,β-unsaturated/α-hetero) is 1. The molecule has 3 aromatic rings. The molecule has 1 N–H and O–H groups in total. The van der Waals surface area contributed by atoms with Crippen LogP contribution in [0.5, 0.6) is 5.75 Å². The lowest BCUT2D eigenvalue weighted by Gasteiger charge is -2.13. The predicted molar refractivity (Wildman–Crippen MR) is 124 cm³/mol. The Morgan fingerprint density at radius 2 is 1.60 bits per heavy atom. The summed E-state index contributed by atoms with van der Waals surface area (Å²) in [5.74, 6) is -0.752. The minimum absolute atomic E-state index is 0.0737. The van der Waals surface area contributed by atoms with Crippen molar-refractivity contribution in [1.82, 2.24) is 0 Å². The van der Waals surface area contributed by atoms with Crippen LogP contribution in [0.1, 0.15) is 26.3 Å². The van der Waals surface area contributed by atoms with Crippen LogP contribution >= 0.6 is 0 Å². The van der Waals surface area contributed by atoms with Gasteiger partial charge in [-0.05, 0) is 42.0 Å². The zero-order valence-corrected chi connectivity index (χ0v) is 19.0. The van der Waals surface area contributed by atoms with Crippen molar-refractivity contribution in [2.45, 2.75) is 16.8 Å². The third-order valence-corrected chi connectivity index (χ3v) is 6.33. The largest absolute Gasteiger partial charge is 0.501 e. The van der Waals surface area contributed by atoms with E-state index in [4.69, 9.17) is 4.74 Å². The number of amides is 1. The minimum atomic E-state index is -5.55. The maximum absolute atomic E-state index is 13.0. The number of carbonyl (C=O) groups is 2. The average molecular weight is 503 g/mol. The van der Waals surface area contributed by atoms with E-state index in [0.717, 1.165) is 18.2 Å². The van der Waals surface area contributed by atoms with Crippen LogP contribution in [0, 0.1) is 0 Å². The van der Waals surface area contributed by atoms with Crippen molar-refractivity contribution < 1.29 is 35.9 Å². The van der Waals surface area contributed by atoms with Gasteiger partial charge in [-0.3, -0.25) is 9.59 Å². The molecule has 0 aliphatic rings. The molecule has 6 nitrogen and oxygen atoms in total. The Bertz CT molecular complexity index is 1370. The van der Waals surface area contributed by atoms with Gasteiger partial charge in [-0.2, -0.15) is 13.2 Å². The van der Waals surface area contributed by atoms with E-state index >= 15 is 0 Å². The van der Waals surface area contributed by atoms with Gasteiger partial charge >= 0.3 is 5.51 Å². The quantitative estimate of drug-likeness (QED) is 0.319. The second-order valence-corrected chi connectivity index (χ2v) is 9.23. The fourth-order valence-electron chi connectivity index (χ4n) is 3.19. The summed E-state index contributed by atoms with van der Waals surface area (Å²) in [6.45, 7) is 3.75. The van der Waals surface area contributed by atoms with Crippen molar-refractivity contribution >= 4 is 27.2 Å². The molecule has 0 radical (unpaired) electrons. The summed E-state index contributed by atoms with van der Waals surface area (Å²) in [5.41, 5.74) is -4.88. The first kappa shape index (κ1) is 25.7. The Labute approximate surface area is 200 Å². The zero-order chi connectivity index (χ0) is 25.6. The smallest absolute Gasteiger partial charge is 0.489 e. The highest BCUT2D eigenvalue weighted by Crippen LogP contribution is 2.31. The van der Waals surface area contributed by atoms with Crippen molar-refractivity contribution in [1.29, 1.82) is 0 Å². The summed E-state index contributed by atoms with van der Waals surface area (Å²) in [6.07, 6.45) is 1.14. The van der Waals surface area contributed by atoms with Crippen LogP contribution in [0.2, 0.25) is 0 Å². The molecule has 0 spiro atoms. The van der Waals surface area contributed by atoms with Crippen LogP contribution in [0.3, 0.4) is 0 Å². The van der Waals surface area contributed by atoms with Crippen molar-refractivity contribution in [3.05, 3.63) is 102 Å². The van der Waals surface area contributed by atoms with Crippen LogP contribution in [0.25, 0.3) is 0 Å². The molecule has 182 valence electrons. The van der Waals surface area contributed by atoms with Gasteiger partial charge < -0.3 is 10.1 Å². The first-order chi connectivity index (χ1) is 16.5. The number of sulfone groups is 1. The fraction of sp³-hybridized carbons (Fsp3) is 0.120. The van der Waals surface area contributed by atoms with Gasteiger partial charge in [0, 0.05) is 12.0 Å². The maximum Gasteiger partial charge on any atom is 0.501 e. The van der Waals surface area contributed by atoms with Gasteiger partial charge in [0.05, 0.1) is 16.1 Å². The van der Waals surface area contributed by atoms with Gasteiger partial charge in [-0.25, -0.2) is 8.42 Å². The van der Waals surface area contributed by atoms with Crippen LogP contribution in [-0.4, -0.2) is 32.2 Å². The zero-order valence-electron chi connectivity index (χ0n) is 18.2. The molecular weight excluding hydrogens is 483 g/mol. The van der Waals surface area contributed by atoms with Gasteiger partial charge in [-0.1, -0.05) is 49.1 Å². The summed E-state index contributed by atoms with van der Waals surface area (Å²) in [4.78, 5) is 24.9. The number of hydrogen-bond acceptors (Lipinski definition) is 5. The van der Waals surface area contributed by atoms with Crippen LogP contribution < -0.4 is 10.1 Å². The van der Waals surface area contributed by atoms with E-state index in [0.29, 0.717) is 5.75 Å². The number of ether oxygens (including phenoxy) is 1. The molecule has 3 rings (SSSR count). The molecule has 35 heavy (non-hydrogen) atoms. The SMILES string of the molecule is C=CCOc1ccccc1C(=O)Nc1ccccc1C(=O)Cc1cccc(S(=O)(=O)C(F)(F)F)c1. The van der Waals surface area contributed by atoms with Gasteiger partial charge in [0.1, 0.15) is 12.4 Å². The number of nitrogens with one attached hydrogen (secondary N) is 1. The fourth-order valence-corrected chi connectivity index (χ4v) is 4.02. The van der Waals surface area contributed by atoms with E-state index in [1.54, 1.807) is 36.4 Å². The lowest BCUT2D eigenvalue weighted by molar-refractivity contribution is -0.0436. The number of alkyl halides is 3. The Balaban J connectivity index is 1.84. The number of hydrogen-bond donors (Lipinski definition) is 1. The summed E-state index contributed by atoms with van der Waals surface area (Å²) >= 11 is 0. The monoisotopic (exact) mass is 503 g/mol. The second-order valence-electron chi connectivity index (χ2n) is 7.29. The molecule has 0 atom stereocenters. The summed E-state index contributed by atoms with van der Waals surface area (Å²) < 4.78 is 67.5. The highest BCUT2D eigenvalue weighted by Gasteiger charge is 2.46. The second kappa shape index (κ2) is 10.6. The molecule has 0 saturated carbocycles. The standard InChI is InChI=1S/C25H20F3NO5S/c1-2-14-34-23-13-6-4-11-20(23)24(31)29-21-12-5-3-10-19(21)22(30)16-17-8-7-9-18(15-17)35(32,33)25(26,27)28/h2-13,15H,1,14,16H2,(H,29,31). The van der Waals surface area contributed by atoms with E-state index in [2.05, 4.69) is 11.9 Å². The highest BCUT2D eigenvalue weighted by molar-refractivity contribution is 7.92. The average Bonchev–Trinajstić information content (AvgIpc) is 2.82. The Morgan fingerprint density at radius 3 is 2.29 bits per heavy atom. The molecule has 3 aromatic carbocycles. The summed E-state index contributed by atoms with van der Waals surface area (Å²) in [7, 11) is -5.55. The van der Waals surface area contributed by atoms with Crippen LogP contribution in [0.4, 0.5) is 18.9 Å². The minimum Gasteiger partial charge on any atom is -0.489 e. The van der Waals surface area contributed by atoms with Crippen molar-refractivity contribution in [3.63, 3.8) is 0 Å². The molecule has 0 fully saturated rings. The van der Waals surface area contributed by atoms with Crippen molar-refractivity contribution in [3.8, 4) is 5.75 Å². The predicted octanol–water partition coefficient (Wildman–Crippen LogP) is 5.22. The van der Waals surface area contributed by atoms with Gasteiger partial charge in [0.15, 0.2) is 5.78 Å². The molecule has 0 bridgehead atoms. The number of benzene rings is 3. The molecule has 0 aromatic heterocycles. The molecule has 0 aliphatic carbocycles. The van der Waals surface area contributed by atoms with Crippen LogP contribution in [0.15, 0.2) is 90.3 Å². The Morgan fingerprint density at radius 1 is 0.943 bits per heavy atom. The third-order valence-electron chi connectivity index (χ3n) is 4.84. The normalized spacial score (nSPS) is 11.5. The number of para-hydroxylation sites is 2. The first-order valence-corrected chi connectivity index (χ1v) is 11.7. The molecule has 10 heteroatoms.